The van der Waals surface area contributed by atoms with Crippen LogP contribution in [0.5, 0.6) is 0 Å². The Bertz CT molecular complexity index is 452. The molecule has 2 aromatic heterocycles. The molecular weight excluding hydrogens is 236 g/mol. The van der Waals surface area contributed by atoms with E-state index in [1.54, 1.807) is 7.05 Å². The molecule has 0 radical (unpaired) electrons. The summed E-state index contributed by atoms with van der Waals surface area (Å²) in [6.07, 6.45) is 0. The molecule has 2 heterocycles. The lowest BCUT2D eigenvalue weighted by molar-refractivity contribution is 0.102. The highest BCUT2D eigenvalue weighted by Gasteiger charge is 2.13. The molecule has 0 bridgehead atoms. The topological polar surface area (TPSA) is 92.7 Å². The van der Waals surface area contributed by atoms with E-state index in [1.165, 1.54) is 28.2 Å². The molecule has 2 N–H and O–H groups in total. The summed E-state index contributed by atoms with van der Waals surface area (Å²) in [7, 11) is 1.72. The minimum Gasteiger partial charge on any atom is -0.363 e. The summed E-state index contributed by atoms with van der Waals surface area (Å²) in [5.41, 5.74) is 1.54. The molecule has 0 saturated carbocycles. The first-order chi connectivity index (χ1) is 7.29. The summed E-state index contributed by atoms with van der Waals surface area (Å²) in [6.45, 7) is 0. The normalized spacial score (nSPS) is 9.93. The lowest BCUT2D eigenvalue weighted by atomic mass is 10.6. The molecule has 0 unspecified atom stereocenters. The smallest absolute Gasteiger partial charge is 0.288 e. The summed E-state index contributed by atoms with van der Waals surface area (Å²) in [5, 5.41) is 21.4. The lowest BCUT2D eigenvalue weighted by Crippen LogP contribution is -2.11. The van der Waals surface area contributed by atoms with Crippen LogP contribution in [0, 0.1) is 0 Å². The van der Waals surface area contributed by atoms with E-state index in [0.29, 0.717) is 10.3 Å². The molecule has 0 aliphatic carbocycles. The van der Waals surface area contributed by atoms with Gasteiger partial charge in [0.05, 0.1) is 0 Å². The van der Waals surface area contributed by atoms with Gasteiger partial charge >= 0.3 is 0 Å². The fourth-order valence-corrected chi connectivity index (χ4v) is 1.83. The Morgan fingerprint density at radius 3 is 2.80 bits per heavy atom. The number of carbonyl (C=O) groups is 1. The van der Waals surface area contributed by atoms with Crippen LogP contribution in [0.4, 0.5) is 10.3 Å². The van der Waals surface area contributed by atoms with Gasteiger partial charge in [-0.2, -0.15) is 0 Å². The van der Waals surface area contributed by atoms with Crippen molar-refractivity contribution < 1.29 is 4.79 Å². The SMILES string of the molecule is CNc1nnc(C(=O)Nc2nncs2)s1. The van der Waals surface area contributed by atoms with Crippen molar-refractivity contribution in [3.63, 3.8) is 0 Å². The van der Waals surface area contributed by atoms with Crippen molar-refractivity contribution in [2.45, 2.75) is 0 Å². The van der Waals surface area contributed by atoms with Crippen molar-refractivity contribution in [1.29, 1.82) is 0 Å². The van der Waals surface area contributed by atoms with Crippen LogP contribution in [-0.4, -0.2) is 33.3 Å². The molecule has 0 aliphatic heterocycles. The quantitative estimate of drug-likeness (QED) is 0.822. The van der Waals surface area contributed by atoms with Gasteiger partial charge in [-0.25, -0.2) is 0 Å². The minimum atomic E-state index is -0.328. The number of carbonyl (C=O) groups excluding carboxylic acids is 1. The highest BCUT2D eigenvalue weighted by Crippen LogP contribution is 2.16. The van der Waals surface area contributed by atoms with Crippen LogP contribution in [0.15, 0.2) is 5.51 Å². The highest BCUT2D eigenvalue weighted by molar-refractivity contribution is 7.17. The Kier molecular flexibility index (Phi) is 2.83. The molecule has 0 atom stereocenters. The zero-order valence-electron chi connectivity index (χ0n) is 7.59. The van der Waals surface area contributed by atoms with Crippen LogP contribution < -0.4 is 10.6 Å². The molecule has 15 heavy (non-hydrogen) atoms. The van der Waals surface area contributed by atoms with Crippen molar-refractivity contribution in [3.8, 4) is 0 Å². The van der Waals surface area contributed by atoms with Gasteiger partial charge in [0.2, 0.25) is 15.3 Å². The second-order valence-electron chi connectivity index (χ2n) is 2.36. The maximum absolute atomic E-state index is 11.5. The fourth-order valence-electron chi connectivity index (χ4n) is 0.794. The molecule has 2 rings (SSSR count). The zero-order chi connectivity index (χ0) is 10.7. The van der Waals surface area contributed by atoms with Crippen molar-refractivity contribution in [2.24, 2.45) is 0 Å². The van der Waals surface area contributed by atoms with E-state index in [0.717, 1.165) is 0 Å². The van der Waals surface area contributed by atoms with Gasteiger partial charge in [0, 0.05) is 7.05 Å². The van der Waals surface area contributed by atoms with E-state index in [1.807, 2.05) is 0 Å². The predicted octanol–water partition coefficient (Wildman–Crippen LogP) is 0.684. The highest BCUT2D eigenvalue weighted by atomic mass is 32.1. The number of hydrogen-bond donors (Lipinski definition) is 2. The fraction of sp³-hybridized carbons (Fsp3) is 0.167. The van der Waals surface area contributed by atoms with Crippen molar-refractivity contribution in [3.05, 3.63) is 10.5 Å². The third-order valence-corrected chi connectivity index (χ3v) is 2.96. The van der Waals surface area contributed by atoms with Crippen molar-refractivity contribution in [1.82, 2.24) is 20.4 Å². The molecule has 9 heteroatoms. The largest absolute Gasteiger partial charge is 0.363 e. The number of nitrogens with one attached hydrogen (secondary N) is 2. The predicted molar refractivity (Wildman–Crippen MR) is 57.3 cm³/mol. The van der Waals surface area contributed by atoms with Gasteiger partial charge in [-0.1, -0.05) is 22.7 Å². The van der Waals surface area contributed by atoms with Crippen LogP contribution in [-0.2, 0) is 0 Å². The number of hydrogen-bond acceptors (Lipinski definition) is 8. The monoisotopic (exact) mass is 242 g/mol. The molecular formula is C6H6N6OS2. The lowest BCUT2D eigenvalue weighted by Gasteiger charge is -1.94. The first-order valence-electron chi connectivity index (χ1n) is 3.88. The van der Waals surface area contributed by atoms with Crippen molar-refractivity contribution in [2.75, 3.05) is 17.7 Å². The summed E-state index contributed by atoms with van der Waals surface area (Å²) >= 11 is 2.42. The Morgan fingerprint density at radius 2 is 2.20 bits per heavy atom. The van der Waals surface area contributed by atoms with Gasteiger partial charge in [-0.05, 0) is 0 Å². The summed E-state index contributed by atoms with van der Waals surface area (Å²) in [5.74, 6) is -0.328. The minimum absolute atomic E-state index is 0.287. The maximum atomic E-state index is 11.5. The van der Waals surface area contributed by atoms with E-state index in [4.69, 9.17) is 0 Å². The van der Waals surface area contributed by atoms with Crippen LogP contribution in [0.25, 0.3) is 0 Å². The van der Waals surface area contributed by atoms with E-state index >= 15 is 0 Å². The zero-order valence-corrected chi connectivity index (χ0v) is 9.22. The van der Waals surface area contributed by atoms with E-state index in [-0.39, 0.29) is 10.9 Å². The van der Waals surface area contributed by atoms with Crippen LogP contribution in [0.3, 0.4) is 0 Å². The number of amides is 1. The van der Waals surface area contributed by atoms with Gasteiger partial charge in [-0.3, -0.25) is 10.1 Å². The van der Waals surface area contributed by atoms with Gasteiger partial charge in [0.1, 0.15) is 5.51 Å². The average molecular weight is 242 g/mol. The first-order valence-corrected chi connectivity index (χ1v) is 5.58. The standard InChI is InChI=1S/C6H6N6OS2/c1-7-5-12-10-4(15-5)3(13)9-6-11-8-2-14-6/h2H,1H3,(H,7,12)(H,9,11,13). The Balaban J connectivity index is 2.08. The second kappa shape index (κ2) is 4.28. The Morgan fingerprint density at radius 1 is 1.33 bits per heavy atom. The molecule has 0 fully saturated rings. The van der Waals surface area contributed by atoms with Gasteiger partial charge in [0.15, 0.2) is 0 Å². The number of rotatable bonds is 3. The van der Waals surface area contributed by atoms with Gasteiger partial charge < -0.3 is 5.32 Å². The Hall–Kier alpha value is -1.61. The first kappa shape index (κ1) is 9.93. The van der Waals surface area contributed by atoms with Crippen LogP contribution in [0.2, 0.25) is 0 Å². The number of aromatic nitrogens is 4. The average Bonchev–Trinajstić information content (AvgIpc) is 2.86. The maximum Gasteiger partial charge on any atom is 0.288 e. The number of nitrogens with zero attached hydrogens (tertiary/aromatic N) is 4. The van der Waals surface area contributed by atoms with E-state index in [9.17, 15) is 4.79 Å². The molecule has 7 nitrogen and oxygen atoms in total. The van der Waals surface area contributed by atoms with Gasteiger partial charge in [-0.15, -0.1) is 20.4 Å². The number of anilines is 2. The molecule has 0 spiro atoms. The summed E-state index contributed by atoms with van der Waals surface area (Å²) in [4.78, 5) is 11.5. The van der Waals surface area contributed by atoms with E-state index in [2.05, 4.69) is 31.0 Å². The second-order valence-corrected chi connectivity index (χ2v) is 4.17. The molecule has 2 aromatic rings. The third kappa shape index (κ3) is 2.25. The van der Waals surface area contributed by atoms with Gasteiger partial charge in [0.25, 0.3) is 5.91 Å². The third-order valence-electron chi connectivity index (χ3n) is 1.41. The Labute approximate surface area is 92.6 Å². The summed E-state index contributed by atoms with van der Waals surface area (Å²) in [6, 6.07) is 0. The van der Waals surface area contributed by atoms with Crippen LogP contribution >= 0.6 is 22.7 Å². The van der Waals surface area contributed by atoms with E-state index < -0.39 is 0 Å². The molecule has 1 amide bonds. The summed E-state index contributed by atoms with van der Waals surface area (Å²) < 4.78 is 0. The molecule has 0 saturated heterocycles. The molecule has 0 aliphatic rings. The molecule has 0 aromatic carbocycles. The van der Waals surface area contributed by atoms with Crippen molar-refractivity contribution >= 4 is 38.8 Å². The van der Waals surface area contributed by atoms with Crippen LogP contribution in [0.1, 0.15) is 9.80 Å². The molecule has 78 valence electrons.